The maximum atomic E-state index is 12.8. The molecule has 10 heteroatoms. The molecule has 0 radical (unpaired) electrons. The molecule has 9 nitrogen and oxygen atoms in total. The van der Waals surface area contributed by atoms with Crippen molar-refractivity contribution in [2.45, 2.75) is 13.5 Å². The second-order valence-electron chi connectivity index (χ2n) is 6.42. The average Bonchev–Trinajstić information content (AvgIpc) is 3.09. The minimum Gasteiger partial charge on any atom is -0.486 e. The van der Waals surface area contributed by atoms with E-state index >= 15 is 0 Å². The highest BCUT2D eigenvalue weighted by atomic mass is 32.1. The van der Waals surface area contributed by atoms with Gasteiger partial charge in [-0.3, -0.25) is 14.9 Å². The van der Waals surface area contributed by atoms with E-state index in [1.165, 1.54) is 23.5 Å². The van der Waals surface area contributed by atoms with Crippen molar-refractivity contribution in [2.24, 2.45) is 4.99 Å². The normalized spacial score (nSPS) is 13.6. The molecule has 0 aliphatic carbocycles. The van der Waals surface area contributed by atoms with E-state index in [1.807, 2.05) is 6.92 Å². The third kappa shape index (κ3) is 4.05. The molecule has 0 atom stereocenters. The fourth-order valence-electron chi connectivity index (χ4n) is 3.10. The molecule has 0 saturated heterocycles. The molecular formula is C20H19N3O6S. The van der Waals surface area contributed by atoms with Gasteiger partial charge in [-0.05, 0) is 31.2 Å². The van der Waals surface area contributed by atoms with E-state index in [9.17, 15) is 14.9 Å². The molecule has 1 aromatic heterocycles. The van der Waals surface area contributed by atoms with Crippen LogP contribution in [-0.4, -0.2) is 41.8 Å². The quantitative estimate of drug-likeness (QED) is 0.339. The van der Waals surface area contributed by atoms with Crippen LogP contribution in [0.2, 0.25) is 0 Å². The topological polar surface area (TPSA) is 105 Å². The smallest absolute Gasteiger partial charge is 0.279 e. The van der Waals surface area contributed by atoms with Gasteiger partial charge in [0.15, 0.2) is 16.3 Å². The SMILES string of the molecule is CCOCCn1c(=NC(=O)c2ccc3c(c2)OCCO3)sc2ccc([N+](=O)[O-])cc21. The van der Waals surface area contributed by atoms with Gasteiger partial charge >= 0.3 is 0 Å². The highest BCUT2D eigenvalue weighted by molar-refractivity contribution is 7.16. The molecule has 0 bridgehead atoms. The van der Waals surface area contributed by atoms with E-state index in [-0.39, 0.29) is 5.69 Å². The van der Waals surface area contributed by atoms with Crippen molar-refractivity contribution >= 4 is 33.1 Å². The Morgan fingerprint density at radius 1 is 1.23 bits per heavy atom. The van der Waals surface area contributed by atoms with E-state index in [0.29, 0.717) is 60.4 Å². The highest BCUT2D eigenvalue weighted by Gasteiger charge is 2.16. The van der Waals surface area contributed by atoms with Crippen LogP contribution in [0.5, 0.6) is 11.5 Å². The van der Waals surface area contributed by atoms with Crippen molar-refractivity contribution in [3.8, 4) is 11.5 Å². The number of amides is 1. The number of nitro benzene ring substituents is 1. The average molecular weight is 429 g/mol. The number of hydrogen-bond donors (Lipinski definition) is 0. The van der Waals surface area contributed by atoms with Crippen LogP contribution in [0, 0.1) is 10.1 Å². The van der Waals surface area contributed by atoms with Crippen LogP contribution >= 0.6 is 11.3 Å². The summed E-state index contributed by atoms with van der Waals surface area (Å²) >= 11 is 1.30. The maximum absolute atomic E-state index is 12.8. The monoisotopic (exact) mass is 429 g/mol. The second-order valence-corrected chi connectivity index (χ2v) is 7.43. The Bertz CT molecular complexity index is 1180. The first-order chi connectivity index (χ1) is 14.6. The Kier molecular flexibility index (Phi) is 5.77. The van der Waals surface area contributed by atoms with Gasteiger partial charge in [0.2, 0.25) is 0 Å². The lowest BCUT2D eigenvalue weighted by molar-refractivity contribution is -0.384. The summed E-state index contributed by atoms with van der Waals surface area (Å²) in [6.07, 6.45) is 0. The number of non-ortho nitro benzene ring substituents is 1. The van der Waals surface area contributed by atoms with Crippen molar-refractivity contribution in [1.82, 2.24) is 4.57 Å². The Balaban J connectivity index is 1.76. The first kappa shape index (κ1) is 20.0. The summed E-state index contributed by atoms with van der Waals surface area (Å²) in [6.45, 7) is 4.15. The fourth-order valence-corrected chi connectivity index (χ4v) is 4.14. The number of benzene rings is 2. The summed E-state index contributed by atoms with van der Waals surface area (Å²) in [6, 6.07) is 9.55. The van der Waals surface area contributed by atoms with Crippen LogP contribution in [-0.2, 0) is 11.3 Å². The summed E-state index contributed by atoms with van der Waals surface area (Å²) < 4.78 is 19.0. The minimum atomic E-state index is -0.443. The van der Waals surface area contributed by atoms with Crippen molar-refractivity contribution in [1.29, 1.82) is 0 Å². The number of aromatic nitrogens is 1. The van der Waals surface area contributed by atoms with Gasteiger partial charge in [-0.1, -0.05) is 11.3 Å². The molecule has 0 fully saturated rings. The lowest BCUT2D eigenvalue weighted by Gasteiger charge is -2.18. The Hall–Kier alpha value is -3.24. The number of carbonyl (C=O) groups is 1. The van der Waals surface area contributed by atoms with E-state index in [2.05, 4.69) is 4.99 Å². The van der Waals surface area contributed by atoms with E-state index in [1.54, 1.807) is 28.8 Å². The van der Waals surface area contributed by atoms with Crippen LogP contribution in [0.4, 0.5) is 5.69 Å². The number of rotatable bonds is 6. The van der Waals surface area contributed by atoms with Gasteiger partial charge in [0.1, 0.15) is 13.2 Å². The minimum absolute atomic E-state index is 0.0184. The van der Waals surface area contributed by atoms with Crippen LogP contribution in [0.1, 0.15) is 17.3 Å². The first-order valence-electron chi connectivity index (χ1n) is 9.41. The molecule has 156 valence electrons. The maximum Gasteiger partial charge on any atom is 0.279 e. The lowest BCUT2D eigenvalue weighted by Crippen LogP contribution is -2.20. The number of fused-ring (bicyclic) bond motifs is 2. The molecular weight excluding hydrogens is 410 g/mol. The molecule has 0 spiro atoms. The third-order valence-corrected chi connectivity index (χ3v) is 5.59. The van der Waals surface area contributed by atoms with E-state index < -0.39 is 10.8 Å². The van der Waals surface area contributed by atoms with E-state index in [0.717, 1.165) is 4.70 Å². The second kappa shape index (κ2) is 8.64. The van der Waals surface area contributed by atoms with Gasteiger partial charge in [-0.15, -0.1) is 0 Å². The predicted octanol–water partition coefficient (Wildman–Crippen LogP) is 3.16. The number of ether oxygens (including phenoxy) is 3. The van der Waals surface area contributed by atoms with Crippen molar-refractivity contribution < 1.29 is 23.9 Å². The van der Waals surface area contributed by atoms with Crippen molar-refractivity contribution in [2.75, 3.05) is 26.4 Å². The third-order valence-electron chi connectivity index (χ3n) is 4.53. The summed E-state index contributed by atoms with van der Waals surface area (Å²) in [4.78, 5) is 28.3. The van der Waals surface area contributed by atoms with Gasteiger partial charge in [0.25, 0.3) is 11.6 Å². The Labute approximate surface area is 175 Å². The molecule has 0 unspecified atom stereocenters. The summed E-state index contributed by atoms with van der Waals surface area (Å²) in [7, 11) is 0. The zero-order chi connectivity index (χ0) is 21.1. The highest BCUT2D eigenvalue weighted by Crippen LogP contribution is 2.31. The number of hydrogen-bond acceptors (Lipinski definition) is 7. The van der Waals surface area contributed by atoms with Gasteiger partial charge in [-0.25, -0.2) is 0 Å². The summed E-state index contributed by atoms with van der Waals surface area (Å²) in [5.74, 6) is 0.676. The molecule has 0 saturated carbocycles. The number of nitro groups is 1. The van der Waals surface area contributed by atoms with Gasteiger partial charge in [0.05, 0.1) is 21.7 Å². The van der Waals surface area contributed by atoms with Crippen LogP contribution < -0.4 is 14.3 Å². The molecule has 0 N–H and O–H groups in total. The van der Waals surface area contributed by atoms with Crippen molar-refractivity contribution in [3.63, 3.8) is 0 Å². The summed E-state index contributed by atoms with van der Waals surface area (Å²) in [5.41, 5.74) is 0.997. The zero-order valence-electron chi connectivity index (χ0n) is 16.2. The van der Waals surface area contributed by atoms with Gasteiger partial charge in [0, 0.05) is 30.8 Å². The standard InChI is InChI=1S/C20H19N3O6S/c1-2-27-8-7-22-15-12-14(23(25)26)4-6-18(15)30-20(22)21-19(24)13-3-5-16-17(11-13)29-10-9-28-16/h3-6,11-12H,2,7-10H2,1H3. The number of nitrogens with zero attached hydrogens (tertiary/aromatic N) is 3. The molecule has 1 aliphatic rings. The molecule has 30 heavy (non-hydrogen) atoms. The molecule has 3 aromatic rings. The Morgan fingerprint density at radius 2 is 2.03 bits per heavy atom. The molecule has 4 rings (SSSR count). The number of carbonyl (C=O) groups excluding carboxylic acids is 1. The molecule has 1 amide bonds. The molecule has 2 aromatic carbocycles. The molecule has 2 heterocycles. The largest absolute Gasteiger partial charge is 0.486 e. The van der Waals surface area contributed by atoms with Crippen LogP contribution in [0.15, 0.2) is 41.4 Å². The van der Waals surface area contributed by atoms with Gasteiger partial charge < -0.3 is 18.8 Å². The Morgan fingerprint density at radius 3 is 2.80 bits per heavy atom. The van der Waals surface area contributed by atoms with Crippen LogP contribution in [0.3, 0.4) is 0 Å². The number of thiazole rings is 1. The first-order valence-corrected chi connectivity index (χ1v) is 10.2. The fraction of sp³-hybridized carbons (Fsp3) is 0.300. The van der Waals surface area contributed by atoms with Crippen LogP contribution in [0.25, 0.3) is 10.2 Å². The zero-order valence-corrected chi connectivity index (χ0v) is 17.0. The van der Waals surface area contributed by atoms with Gasteiger partial charge in [-0.2, -0.15) is 4.99 Å². The predicted molar refractivity (Wildman–Crippen MR) is 110 cm³/mol. The van der Waals surface area contributed by atoms with E-state index in [4.69, 9.17) is 14.2 Å². The molecule has 1 aliphatic heterocycles. The van der Waals surface area contributed by atoms with Crippen molar-refractivity contribution in [3.05, 3.63) is 56.9 Å². The summed E-state index contributed by atoms with van der Waals surface area (Å²) in [5, 5.41) is 11.2. The lowest BCUT2D eigenvalue weighted by atomic mass is 10.2.